The van der Waals surface area contributed by atoms with Crippen LogP contribution >= 0.6 is 11.3 Å². The summed E-state index contributed by atoms with van der Waals surface area (Å²) in [6.45, 7) is 1.70. The van der Waals surface area contributed by atoms with Crippen molar-refractivity contribution >= 4 is 93.7 Å². The largest absolute Gasteiger partial charge is 0.401 e. The first-order valence-electron chi connectivity index (χ1n) is 34.9. The fourth-order valence-corrected chi connectivity index (χ4v) is 17.1. The minimum Gasteiger partial charge on any atom is -0.394 e. The van der Waals surface area contributed by atoms with Gasteiger partial charge in [-0.2, -0.15) is 14.1 Å². The Bertz CT molecular complexity index is 7090. The van der Waals surface area contributed by atoms with Crippen molar-refractivity contribution in [1.82, 2.24) is 90.5 Å². The van der Waals surface area contributed by atoms with Gasteiger partial charge in [0.1, 0.15) is 34.7 Å². The van der Waals surface area contributed by atoms with E-state index < -0.39 is 6.98 Å². The maximum Gasteiger partial charge on any atom is 0.401 e. The van der Waals surface area contributed by atoms with Crippen LogP contribution in [0.25, 0.3) is 145 Å². The number of fused-ring (bicyclic) bond motifs is 35. The predicted molar refractivity (Wildman–Crippen MR) is 381 cm³/mol. The number of thiazole rings is 1. The van der Waals surface area contributed by atoms with Crippen molar-refractivity contribution in [2.75, 3.05) is 0 Å². The Morgan fingerprint density at radius 1 is 0.466 bits per heavy atom. The highest BCUT2D eigenvalue weighted by molar-refractivity contribution is 7.22. The number of oxazole rings is 1. The van der Waals surface area contributed by atoms with Crippen molar-refractivity contribution in [1.29, 1.82) is 0 Å². The molecule has 5 aliphatic heterocycles. The average molecular weight is 1370 g/mol. The third kappa shape index (κ3) is 8.33. The average Bonchev–Trinajstić information content (AvgIpc) is 1.55. The van der Waals surface area contributed by atoms with E-state index in [2.05, 4.69) is 194 Å². The van der Waals surface area contributed by atoms with Crippen LogP contribution in [-0.2, 0) is 46.7 Å². The Labute approximate surface area is 589 Å². The number of nitrogens with zero attached hydrogens (tertiary/aromatic N) is 24. The number of imidazole rings is 4. The van der Waals surface area contributed by atoms with Crippen LogP contribution in [0.5, 0.6) is 0 Å². The standard InChI is InChI=1S/C20H14N5.C15H12N5.C14H11N6.C14H9N4O.C14H9N4S/c1-2-6-15(7-3-1)25-19-16-8-10-21-13-23(16)12-17(19)24-11-14-5-4-9-22-18(14)20(24)25;1-18-14-11-4-6-16-9-19(11)8-12(14)20-7-10-3-2-5-17-13(10)15(18)20;1-18-13-11-9(3-2-4-16-11)8-20(13)12-14(18)19-6-5-15-7-10(19)17-12;2*1-2-9-6-18-11-7-17-8-15-5-3-10(17)13(11)19-14(18)12(9)16-4-1/h1-10,12-13H,11H2;2-6,8-9H,7H2,1H3;2-7H,8H2,1H3;2*1-5,7-8H,6H2/q5*+1/i;;1D3;;. The van der Waals surface area contributed by atoms with Gasteiger partial charge in [0, 0.05) is 72.5 Å². The predicted octanol–water partition coefficient (Wildman–Crippen LogP) is 9.51. The molecule has 1 aromatic carbocycles. The Hall–Kier alpha value is -13.9. The van der Waals surface area contributed by atoms with Crippen molar-refractivity contribution < 1.29 is 31.4 Å². The summed E-state index contributed by atoms with van der Waals surface area (Å²) >= 11 is 1.82. The lowest BCUT2D eigenvalue weighted by molar-refractivity contribution is -0.649. The third-order valence-electron chi connectivity index (χ3n) is 20.2. The van der Waals surface area contributed by atoms with Gasteiger partial charge in [0.05, 0.1) is 121 Å². The lowest BCUT2D eigenvalue weighted by Gasteiger charge is -2.01. The monoisotopic (exact) mass is 1370 g/mol. The minimum absolute atomic E-state index is 0.536. The third-order valence-corrected chi connectivity index (χ3v) is 21.5. The first-order chi connectivity index (χ1) is 52.1. The maximum absolute atomic E-state index is 7.99. The fraction of sp³-hybridized carbons (Fsp3) is 0.0909. The minimum atomic E-state index is -2.34. The van der Waals surface area contributed by atoms with Crippen LogP contribution in [0.3, 0.4) is 0 Å². The van der Waals surface area contributed by atoms with Gasteiger partial charge in [-0.3, -0.25) is 22.6 Å². The molecule has 0 saturated carbocycles. The molecule has 26 heteroatoms. The highest BCUT2D eigenvalue weighted by Gasteiger charge is 2.41. The molecule has 0 atom stereocenters. The number of benzene rings is 1. The molecular formula is C77H55N24OS+5. The summed E-state index contributed by atoms with van der Waals surface area (Å²) in [5.41, 5.74) is 26.6. The van der Waals surface area contributed by atoms with Gasteiger partial charge in [-0.1, -0.05) is 47.7 Å². The summed E-state index contributed by atoms with van der Waals surface area (Å²) in [6.07, 6.45) is 37.2. The molecule has 103 heavy (non-hydrogen) atoms. The van der Waals surface area contributed by atoms with Crippen LogP contribution in [-0.4, -0.2) is 90.5 Å². The smallest absolute Gasteiger partial charge is 0.394 e. The molecule has 0 fully saturated rings. The summed E-state index contributed by atoms with van der Waals surface area (Å²) in [6, 6.07) is 39.0. The lowest BCUT2D eigenvalue weighted by atomic mass is 10.2. The second-order valence-electron chi connectivity index (χ2n) is 25.8. The topological polar surface area (TPSA) is 211 Å². The van der Waals surface area contributed by atoms with Crippen molar-refractivity contribution in [3.8, 4) is 62.5 Å². The molecule has 5 aliphatic rings. The first kappa shape index (κ1) is 54.1. The van der Waals surface area contributed by atoms with Gasteiger partial charge in [-0.15, -0.1) is 4.57 Å². The molecule has 0 radical (unpaired) electrons. The molecule has 0 N–H and O–H groups in total. The van der Waals surface area contributed by atoms with E-state index in [1.807, 2.05) is 125 Å². The molecule has 0 amide bonds. The molecule has 0 unspecified atom stereocenters. The number of para-hydroxylation sites is 1. The van der Waals surface area contributed by atoms with Gasteiger partial charge in [-0.05, 0) is 78.9 Å². The number of aromatic nitrogens is 24. The van der Waals surface area contributed by atoms with E-state index in [0.717, 1.165) is 94.1 Å². The number of aryl methyl sites for hydroxylation is 2. The molecule has 0 aliphatic carbocycles. The van der Waals surface area contributed by atoms with Crippen LogP contribution in [0, 0.1) is 0 Å². The summed E-state index contributed by atoms with van der Waals surface area (Å²) in [7, 11) is 2.11. The summed E-state index contributed by atoms with van der Waals surface area (Å²) in [4.78, 5) is 47.9. The van der Waals surface area contributed by atoms with Gasteiger partial charge in [0.25, 0.3) is 27.6 Å². The van der Waals surface area contributed by atoms with E-state index in [1.165, 1.54) is 81.0 Å². The van der Waals surface area contributed by atoms with Gasteiger partial charge < -0.3 is 4.42 Å². The van der Waals surface area contributed by atoms with E-state index in [-0.39, 0.29) is 0 Å². The number of rotatable bonds is 1. The Morgan fingerprint density at radius 2 is 1.03 bits per heavy atom. The second-order valence-corrected chi connectivity index (χ2v) is 26.8. The molecule has 25 heterocycles. The zero-order valence-corrected chi connectivity index (χ0v) is 55.4. The molecule has 25 nitrogen and oxygen atoms in total. The Morgan fingerprint density at radius 3 is 1.76 bits per heavy atom. The normalized spacial score (nSPS) is 13.5. The molecule has 0 spiro atoms. The molecule has 26 rings (SSSR count). The van der Waals surface area contributed by atoms with Gasteiger partial charge in [0.15, 0.2) is 52.4 Å². The highest BCUT2D eigenvalue weighted by atomic mass is 32.1. The van der Waals surface area contributed by atoms with Crippen molar-refractivity contribution in [3.63, 3.8) is 0 Å². The van der Waals surface area contributed by atoms with Gasteiger partial charge in [-0.25, -0.2) is 72.1 Å². The van der Waals surface area contributed by atoms with E-state index in [0.29, 0.717) is 35.0 Å². The number of hydrogen-bond acceptors (Lipinski definition) is 13. The SMILES string of the molecule is C[n+]1c2n(c3cn4cnccc4c31)Cc1cccnc1-2.[2H]C([2H])([2H])[n+]1c2n(c3nc4cnccn4c31)Cc1cccnc1-2.c1ccc(-n2c3[n+](c4cn5cnccc5c42)Cc2cccnc2-3)cc1.c1cnc2c(c1)C[n+]1c-2oc2c3ccncn3cc21.c1cnc2c(c1)C[n+]1c-2sc2c3ccncn3cc21. The lowest BCUT2D eigenvalue weighted by Crippen LogP contribution is -2.31. The molecule has 0 bridgehead atoms. The van der Waals surface area contributed by atoms with E-state index in [1.54, 1.807) is 47.9 Å². The van der Waals surface area contributed by atoms with Crippen LogP contribution in [0.1, 0.15) is 31.9 Å². The highest BCUT2D eigenvalue weighted by Crippen LogP contribution is 2.40. The summed E-state index contributed by atoms with van der Waals surface area (Å²) < 4.78 is 58.4. The molecule has 490 valence electrons. The molecule has 0 saturated heterocycles. The first-order valence-corrected chi connectivity index (χ1v) is 34.3. The summed E-state index contributed by atoms with van der Waals surface area (Å²) in [5.74, 6) is 3.75. The van der Waals surface area contributed by atoms with Crippen LogP contribution in [0.4, 0.5) is 0 Å². The Balaban J connectivity index is 0.0000000830. The fourth-order valence-electron chi connectivity index (χ4n) is 15.8. The van der Waals surface area contributed by atoms with Gasteiger partial charge >= 0.3 is 17.5 Å². The molecular weight excluding hydrogens is 1310 g/mol. The van der Waals surface area contributed by atoms with Gasteiger partial charge in [0.2, 0.25) is 22.3 Å². The van der Waals surface area contributed by atoms with E-state index in [4.69, 9.17) is 8.53 Å². The Kier molecular flexibility index (Phi) is 11.5. The number of pyridine rings is 5. The molecule has 21 aromatic rings. The maximum atomic E-state index is 7.99. The quantitative estimate of drug-likeness (QED) is 0.141. The van der Waals surface area contributed by atoms with Crippen LogP contribution in [0.15, 0.2) is 244 Å². The van der Waals surface area contributed by atoms with Crippen LogP contribution < -0.4 is 22.8 Å². The van der Waals surface area contributed by atoms with Crippen LogP contribution in [0.2, 0.25) is 0 Å². The number of hydrogen-bond donors (Lipinski definition) is 0. The zero-order chi connectivity index (χ0) is 70.2. The van der Waals surface area contributed by atoms with Crippen molar-refractivity contribution in [2.45, 2.75) is 32.7 Å². The molecule has 20 aromatic heterocycles. The van der Waals surface area contributed by atoms with E-state index >= 15 is 0 Å². The van der Waals surface area contributed by atoms with Crippen molar-refractivity contribution in [3.05, 3.63) is 268 Å². The van der Waals surface area contributed by atoms with Crippen molar-refractivity contribution in [2.24, 2.45) is 14.0 Å². The second kappa shape index (κ2) is 21.8. The zero-order valence-electron chi connectivity index (χ0n) is 57.6. The van der Waals surface area contributed by atoms with E-state index in [9.17, 15) is 0 Å². The summed E-state index contributed by atoms with van der Waals surface area (Å²) in [5, 5.41) is 1.26.